The van der Waals surface area contributed by atoms with Gasteiger partial charge < -0.3 is 10.7 Å². The van der Waals surface area contributed by atoms with Crippen LogP contribution in [0.25, 0.3) is 11.3 Å². The van der Waals surface area contributed by atoms with Gasteiger partial charge in [-0.05, 0) is 18.6 Å². The molecule has 0 aliphatic heterocycles. The number of aromatic amines is 1. The number of nitrogens with two attached hydrogens (primary N) is 1. The van der Waals surface area contributed by atoms with E-state index < -0.39 is 5.82 Å². The Morgan fingerprint density at radius 2 is 2.11 bits per heavy atom. The molecule has 1 unspecified atom stereocenters. The molecule has 1 aromatic heterocycles. The number of nitrogens with one attached hydrogen (secondary N) is 1. The molecule has 2 rings (SSSR count). The Balaban J connectivity index is 2.43. The first-order valence-electron chi connectivity index (χ1n) is 5.48. The molecule has 0 aliphatic rings. The number of benzene rings is 1. The van der Waals surface area contributed by atoms with Crippen LogP contribution in [0.1, 0.15) is 25.2 Å². The zero-order valence-electron chi connectivity index (χ0n) is 9.67. The van der Waals surface area contributed by atoms with E-state index in [1.165, 1.54) is 12.1 Å². The van der Waals surface area contributed by atoms with Crippen LogP contribution in [0.2, 0.25) is 10.0 Å². The normalized spacial score (nSPS) is 12.7. The minimum Gasteiger partial charge on any atom is -0.341 e. The largest absolute Gasteiger partial charge is 0.341 e. The molecule has 6 heteroatoms. The third kappa shape index (κ3) is 2.51. The second-order valence-electron chi connectivity index (χ2n) is 3.94. The van der Waals surface area contributed by atoms with Gasteiger partial charge in [0.15, 0.2) is 0 Å². The number of halogens is 3. The molecule has 0 aliphatic carbocycles. The maximum atomic E-state index is 13.4. The number of H-pyrrole nitrogens is 1. The van der Waals surface area contributed by atoms with Crippen LogP contribution < -0.4 is 5.73 Å². The van der Waals surface area contributed by atoms with E-state index in [-0.39, 0.29) is 11.1 Å². The third-order valence-corrected chi connectivity index (χ3v) is 3.29. The van der Waals surface area contributed by atoms with Crippen LogP contribution in [0.4, 0.5) is 4.39 Å². The summed E-state index contributed by atoms with van der Waals surface area (Å²) in [6.45, 7) is 1.96. The fourth-order valence-electron chi connectivity index (χ4n) is 1.58. The number of imidazole rings is 1. The lowest BCUT2D eigenvalue weighted by atomic mass is 10.1. The van der Waals surface area contributed by atoms with Gasteiger partial charge in [0.1, 0.15) is 11.6 Å². The first-order valence-corrected chi connectivity index (χ1v) is 6.24. The number of aromatic nitrogens is 2. The summed E-state index contributed by atoms with van der Waals surface area (Å²) < 4.78 is 13.4. The summed E-state index contributed by atoms with van der Waals surface area (Å²) in [5, 5.41) is 0.357. The molecular formula is C12H12Cl2FN3. The van der Waals surface area contributed by atoms with Gasteiger partial charge in [-0.3, -0.25) is 0 Å². The summed E-state index contributed by atoms with van der Waals surface area (Å²) in [7, 11) is 0. The Morgan fingerprint density at radius 3 is 2.78 bits per heavy atom. The number of hydrogen-bond acceptors (Lipinski definition) is 2. The van der Waals surface area contributed by atoms with Crippen LogP contribution in [0.3, 0.4) is 0 Å². The van der Waals surface area contributed by atoms with E-state index in [2.05, 4.69) is 9.97 Å². The van der Waals surface area contributed by atoms with Crippen LogP contribution in [-0.4, -0.2) is 9.97 Å². The molecule has 0 radical (unpaired) electrons. The maximum absolute atomic E-state index is 13.4. The quantitative estimate of drug-likeness (QED) is 0.841. The fraction of sp³-hybridized carbons (Fsp3) is 0.250. The van der Waals surface area contributed by atoms with Crippen molar-refractivity contribution in [2.24, 2.45) is 5.73 Å². The lowest BCUT2D eigenvalue weighted by Crippen LogP contribution is -2.10. The second-order valence-corrected chi connectivity index (χ2v) is 4.76. The zero-order chi connectivity index (χ0) is 13.3. The Hall–Kier alpha value is -1.10. The molecule has 3 N–H and O–H groups in total. The Labute approximate surface area is 114 Å². The van der Waals surface area contributed by atoms with Crippen molar-refractivity contribution in [1.82, 2.24) is 9.97 Å². The van der Waals surface area contributed by atoms with Crippen molar-refractivity contribution in [3.05, 3.63) is 40.0 Å². The average Bonchev–Trinajstić information content (AvgIpc) is 2.82. The first-order chi connectivity index (χ1) is 8.52. The maximum Gasteiger partial charge on any atom is 0.142 e. The molecule has 96 valence electrons. The highest BCUT2D eigenvalue weighted by Crippen LogP contribution is 2.31. The summed E-state index contributed by atoms with van der Waals surface area (Å²) in [6, 6.07) is 2.47. The Bertz CT molecular complexity index is 568. The molecule has 3 nitrogen and oxygen atoms in total. The predicted octanol–water partition coefficient (Wildman–Crippen LogP) is 3.93. The van der Waals surface area contributed by atoms with E-state index in [1.807, 2.05) is 6.92 Å². The zero-order valence-corrected chi connectivity index (χ0v) is 11.2. The van der Waals surface area contributed by atoms with Gasteiger partial charge in [0, 0.05) is 5.56 Å². The lowest BCUT2D eigenvalue weighted by molar-refractivity contribution is 0.628. The van der Waals surface area contributed by atoms with E-state index in [1.54, 1.807) is 6.20 Å². The molecular weight excluding hydrogens is 276 g/mol. The molecule has 0 amide bonds. The van der Waals surface area contributed by atoms with Gasteiger partial charge in [0.2, 0.25) is 0 Å². The highest BCUT2D eigenvalue weighted by molar-refractivity contribution is 6.36. The minimum absolute atomic E-state index is 0.00579. The van der Waals surface area contributed by atoms with Crippen LogP contribution in [0.15, 0.2) is 18.3 Å². The molecule has 1 atom stereocenters. The fourth-order valence-corrected chi connectivity index (χ4v) is 2.07. The van der Waals surface area contributed by atoms with Crippen molar-refractivity contribution in [2.75, 3.05) is 0 Å². The SMILES string of the molecule is CCC(N)c1ncc(-c2cc(F)c(Cl)cc2Cl)[nH]1. The lowest BCUT2D eigenvalue weighted by Gasteiger charge is -2.05. The predicted molar refractivity (Wildman–Crippen MR) is 71.2 cm³/mol. The van der Waals surface area contributed by atoms with E-state index in [0.717, 1.165) is 6.42 Å². The van der Waals surface area contributed by atoms with E-state index in [0.29, 0.717) is 22.1 Å². The third-order valence-electron chi connectivity index (χ3n) is 2.69. The van der Waals surface area contributed by atoms with Crippen LogP contribution in [0, 0.1) is 5.82 Å². The molecule has 1 heterocycles. The number of hydrogen-bond donors (Lipinski definition) is 2. The molecule has 0 bridgehead atoms. The van der Waals surface area contributed by atoms with Crippen molar-refractivity contribution < 1.29 is 4.39 Å². The summed E-state index contributed by atoms with van der Waals surface area (Å²) in [6.07, 6.45) is 2.34. The monoisotopic (exact) mass is 287 g/mol. The van der Waals surface area contributed by atoms with Crippen LogP contribution >= 0.6 is 23.2 Å². The molecule has 2 aromatic rings. The van der Waals surface area contributed by atoms with Crippen molar-refractivity contribution >= 4 is 23.2 Å². The molecule has 0 spiro atoms. The average molecular weight is 288 g/mol. The summed E-state index contributed by atoms with van der Waals surface area (Å²) in [4.78, 5) is 7.20. The number of nitrogens with zero attached hydrogens (tertiary/aromatic N) is 1. The topological polar surface area (TPSA) is 54.7 Å². The standard InChI is InChI=1S/C12H12Cl2FN3/c1-2-10(16)12-17-5-11(18-12)6-3-9(15)8(14)4-7(6)13/h3-5,10H,2,16H2,1H3,(H,17,18). The second kappa shape index (κ2) is 5.26. The minimum atomic E-state index is -0.521. The van der Waals surface area contributed by atoms with Gasteiger partial charge in [0.05, 0.1) is 28.0 Å². The molecule has 18 heavy (non-hydrogen) atoms. The van der Waals surface area contributed by atoms with Crippen molar-refractivity contribution in [3.63, 3.8) is 0 Å². The van der Waals surface area contributed by atoms with Gasteiger partial charge in [-0.1, -0.05) is 30.1 Å². The molecule has 0 saturated heterocycles. The highest BCUT2D eigenvalue weighted by Gasteiger charge is 2.13. The highest BCUT2D eigenvalue weighted by atomic mass is 35.5. The van der Waals surface area contributed by atoms with E-state index in [4.69, 9.17) is 28.9 Å². The van der Waals surface area contributed by atoms with Gasteiger partial charge in [-0.2, -0.15) is 0 Å². The molecule has 0 saturated carbocycles. The van der Waals surface area contributed by atoms with E-state index >= 15 is 0 Å². The first kappa shape index (κ1) is 13.3. The van der Waals surface area contributed by atoms with Gasteiger partial charge in [-0.25, -0.2) is 9.37 Å². The molecule has 1 aromatic carbocycles. The summed E-state index contributed by atoms with van der Waals surface area (Å²) in [5.74, 6) is 0.130. The van der Waals surface area contributed by atoms with Crippen molar-refractivity contribution in [1.29, 1.82) is 0 Å². The van der Waals surface area contributed by atoms with Crippen LogP contribution in [0.5, 0.6) is 0 Å². The van der Waals surface area contributed by atoms with Gasteiger partial charge >= 0.3 is 0 Å². The van der Waals surface area contributed by atoms with Crippen LogP contribution in [-0.2, 0) is 0 Å². The smallest absolute Gasteiger partial charge is 0.142 e. The summed E-state index contributed by atoms with van der Waals surface area (Å²) in [5.41, 5.74) is 6.99. The van der Waals surface area contributed by atoms with Gasteiger partial charge in [0.25, 0.3) is 0 Å². The number of rotatable bonds is 3. The van der Waals surface area contributed by atoms with Gasteiger partial charge in [-0.15, -0.1) is 0 Å². The summed E-state index contributed by atoms with van der Waals surface area (Å²) >= 11 is 11.7. The Kier molecular flexibility index (Phi) is 3.90. The Morgan fingerprint density at radius 1 is 1.39 bits per heavy atom. The van der Waals surface area contributed by atoms with Crippen molar-refractivity contribution in [3.8, 4) is 11.3 Å². The van der Waals surface area contributed by atoms with Crippen molar-refractivity contribution in [2.45, 2.75) is 19.4 Å². The van der Waals surface area contributed by atoms with E-state index in [9.17, 15) is 4.39 Å². The molecule has 0 fully saturated rings.